The van der Waals surface area contributed by atoms with Gasteiger partial charge in [0.25, 0.3) is 0 Å². The molecule has 2 heteroatoms. The molecule has 0 spiro atoms. The Morgan fingerprint density at radius 2 is 2.21 bits per heavy atom. The average molecular weight is 194 g/mol. The summed E-state index contributed by atoms with van der Waals surface area (Å²) in [5.74, 6) is 0.210. The average Bonchev–Trinajstić information content (AvgIpc) is 2.17. The Kier molecular flexibility index (Phi) is 4.63. The zero-order valence-electron chi connectivity index (χ0n) is 8.86. The van der Waals surface area contributed by atoms with E-state index in [-0.39, 0.29) is 12.5 Å². The topological polar surface area (TPSA) is 29.5 Å². The van der Waals surface area contributed by atoms with Gasteiger partial charge in [-0.15, -0.1) is 0 Å². The van der Waals surface area contributed by atoms with E-state index in [4.69, 9.17) is 9.84 Å². The molecule has 0 heterocycles. The van der Waals surface area contributed by atoms with Crippen LogP contribution in [-0.4, -0.2) is 25.4 Å². The highest BCUT2D eigenvalue weighted by molar-refractivity contribution is 5.22. The molecule has 1 unspecified atom stereocenters. The summed E-state index contributed by atoms with van der Waals surface area (Å²) in [4.78, 5) is 0. The van der Waals surface area contributed by atoms with E-state index in [2.05, 4.69) is 25.1 Å². The van der Waals surface area contributed by atoms with Gasteiger partial charge in [-0.3, -0.25) is 0 Å². The quantitative estimate of drug-likeness (QED) is 0.774. The van der Waals surface area contributed by atoms with Crippen LogP contribution >= 0.6 is 0 Å². The van der Waals surface area contributed by atoms with Crippen molar-refractivity contribution in [2.24, 2.45) is 5.92 Å². The lowest BCUT2D eigenvalue weighted by atomic mass is 10.00. The van der Waals surface area contributed by atoms with Crippen LogP contribution in [0.1, 0.15) is 11.1 Å². The van der Waals surface area contributed by atoms with Crippen molar-refractivity contribution >= 4 is 0 Å². The van der Waals surface area contributed by atoms with Crippen molar-refractivity contribution in [3.63, 3.8) is 0 Å². The number of rotatable bonds is 5. The standard InChI is InChI=1S/C12H18O2/c1-10-4-3-5-11(6-10)7-12(8-13)9-14-2/h3-6,12-13H,7-9H2,1-2H3. The normalized spacial score (nSPS) is 12.8. The lowest BCUT2D eigenvalue weighted by Crippen LogP contribution is -2.15. The molecule has 0 aromatic heterocycles. The van der Waals surface area contributed by atoms with Crippen LogP contribution < -0.4 is 0 Å². The van der Waals surface area contributed by atoms with Gasteiger partial charge in [-0.1, -0.05) is 29.8 Å². The number of hydrogen-bond acceptors (Lipinski definition) is 2. The fourth-order valence-corrected chi connectivity index (χ4v) is 1.58. The largest absolute Gasteiger partial charge is 0.396 e. The van der Waals surface area contributed by atoms with Crippen molar-refractivity contribution in [1.29, 1.82) is 0 Å². The van der Waals surface area contributed by atoms with Gasteiger partial charge in [0.2, 0.25) is 0 Å². The van der Waals surface area contributed by atoms with Crippen molar-refractivity contribution in [3.8, 4) is 0 Å². The molecule has 0 amide bonds. The fourth-order valence-electron chi connectivity index (χ4n) is 1.58. The molecule has 1 aromatic rings. The summed E-state index contributed by atoms with van der Waals surface area (Å²) in [5.41, 5.74) is 2.53. The smallest absolute Gasteiger partial charge is 0.0515 e. The van der Waals surface area contributed by atoms with Crippen molar-refractivity contribution in [2.75, 3.05) is 20.3 Å². The van der Waals surface area contributed by atoms with Crippen LogP contribution in [0, 0.1) is 12.8 Å². The van der Waals surface area contributed by atoms with Gasteiger partial charge in [-0.2, -0.15) is 0 Å². The zero-order chi connectivity index (χ0) is 10.4. The van der Waals surface area contributed by atoms with E-state index in [9.17, 15) is 0 Å². The maximum Gasteiger partial charge on any atom is 0.0515 e. The molecule has 0 bridgehead atoms. The van der Waals surface area contributed by atoms with Crippen molar-refractivity contribution < 1.29 is 9.84 Å². The number of aliphatic hydroxyl groups excluding tert-OH is 1. The number of benzene rings is 1. The predicted molar refractivity (Wildman–Crippen MR) is 57.3 cm³/mol. The van der Waals surface area contributed by atoms with E-state index >= 15 is 0 Å². The summed E-state index contributed by atoms with van der Waals surface area (Å²) >= 11 is 0. The predicted octanol–water partition coefficient (Wildman–Crippen LogP) is 1.79. The Bertz CT molecular complexity index is 271. The monoisotopic (exact) mass is 194 g/mol. The molecular formula is C12H18O2. The summed E-state index contributed by atoms with van der Waals surface area (Å²) in [6, 6.07) is 8.36. The molecular weight excluding hydrogens is 176 g/mol. The number of aryl methyl sites for hydroxylation is 1. The molecule has 0 aliphatic carbocycles. The summed E-state index contributed by atoms with van der Waals surface area (Å²) in [7, 11) is 1.67. The molecule has 1 aromatic carbocycles. The van der Waals surface area contributed by atoms with E-state index in [1.165, 1.54) is 11.1 Å². The first-order valence-electron chi connectivity index (χ1n) is 4.91. The molecule has 0 aliphatic rings. The summed E-state index contributed by atoms with van der Waals surface area (Å²) in [5, 5.41) is 9.11. The summed E-state index contributed by atoms with van der Waals surface area (Å²) < 4.78 is 5.04. The van der Waals surface area contributed by atoms with E-state index < -0.39 is 0 Å². The number of ether oxygens (including phenoxy) is 1. The third kappa shape index (κ3) is 3.48. The second kappa shape index (κ2) is 5.78. The van der Waals surface area contributed by atoms with Gasteiger partial charge >= 0.3 is 0 Å². The highest BCUT2D eigenvalue weighted by Crippen LogP contribution is 2.10. The van der Waals surface area contributed by atoms with Crippen molar-refractivity contribution in [3.05, 3.63) is 35.4 Å². The van der Waals surface area contributed by atoms with Crippen LogP contribution in [0.3, 0.4) is 0 Å². The maximum atomic E-state index is 9.11. The second-order valence-corrected chi connectivity index (χ2v) is 3.70. The molecule has 0 saturated carbocycles. The van der Waals surface area contributed by atoms with E-state index in [0.29, 0.717) is 6.61 Å². The molecule has 0 fully saturated rings. The Morgan fingerprint density at radius 1 is 1.43 bits per heavy atom. The molecule has 14 heavy (non-hydrogen) atoms. The molecule has 1 atom stereocenters. The van der Waals surface area contributed by atoms with Gasteiger partial charge in [0.05, 0.1) is 6.61 Å². The van der Waals surface area contributed by atoms with Crippen molar-refractivity contribution in [1.82, 2.24) is 0 Å². The minimum Gasteiger partial charge on any atom is -0.396 e. The Labute approximate surface area is 85.5 Å². The first kappa shape index (κ1) is 11.2. The minimum atomic E-state index is 0.182. The SMILES string of the molecule is COCC(CO)Cc1cccc(C)c1. The first-order valence-corrected chi connectivity index (χ1v) is 4.91. The lowest BCUT2D eigenvalue weighted by molar-refractivity contribution is 0.110. The zero-order valence-corrected chi connectivity index (χ0v) is 8.86. The van der Waals surface area contributed by atoms with Gasteiger partial charge in [-0.25, -0.2) is 0 Å². The highest BCUT2D eigenvalue weighted by Gasteiger charge is 2.07. The van der Waals surface area contributed by atoms with Gasteiger partial charge in [0, 0.05) is 19.6 Å². The van der Waals surface area contributed by atoms with E-state index in [0.717, 1.165) is 6.42 Å². The molecule has 0 saturated heterocycles. The van der Waals surface area contributed by atoms with Gasteiger partial charge in [0.15, 0.2) is 0 Å². The first-order chi connectivity index (χ1) is 6.76. The molecule has 2 nitrogen and oxygen atoms in total. The molecule has 0 aliphatic heterocycles. The van der Waals surface area contributed by atoms with E-state index in [1.54, 1.807) is 7.11 Å². The molecule has 0 radical (unpaired) electrons. The van der Waals surface area contributed by atoms with Gasteiger partial charge in [0.1, 0.15) is 0 Å². The Morgan fingerprint density at radius 3 is 2.79 bits per heavy atom. The maximum absolute atomic E-state index is 9.11. The van der Waals surface area contributed by atoms with Crippen LogP contribution in [0.2, 0.25) is 0 Å². The van der Waals surface area contributed by atoms with Crippen molar-refractivity contribution in [2.45, 2.75) is 13.3 Å². The van der Waals surface area contributed by atoms with Crippen LogP contribution in [0.5, 0.6) is 0 Å². The molecule has 78 valence electrons. The minimum absolute atomic E-state index is 0.182. The van der Waals surface area contributed by atoms with Crippen LogP contribution in [0.4, 0.5) is 0 Å². The Hall–Kier alpha value is -0.860. The van der Waals surface area contributed by atoms with Crippen LogP contribution in [-0.2, 0) is 11.2 Å². The van der Waals surface area contributed by atoms with Crippen LogP contribution in [0.25, 0.3) is 0 Å². The van der Waals surface area contributed by atoms with Gasteiger partial charge in [-0.05, 0) is 18.9 Å². The lowest BCUT2D eigenvalue weighted by Gasteiger charge is -2.13. The number of hydrogen-bond donors (Lipinski definition) is 1. The third-order valence-corrected chi connectivity index (χ3v) is 2.27. The Balaban J connectivity index is 2.57. The fraction of sp³-hybridized carbons (Fsp3) is 0.500. The second-order valence-electron chi connectivity index (χ2n) is 3.70. The highest BCUT2D eigenvalue weighted by atomic mass is 16.5. The molecule has 1 rings (SSSR count). The van der Waals surface area contributed by atoms with Crippen LogP contribution in [0.15, 0.2) is 24.3 Å². The van der Waals surface area contributed by atoms with Gasteiger partial charge < -0.3 is 9.84 Å². The number of aliphatic hydroxyl groups is 1. The van der Waals surface area contributed by atoms with E-state index in [1.807, 2.05) is 6.07 Å². The summed E-state index contributed by atoms with van der Waals surface area (Å²) in [6.45, 7) is 2.87. The number of methoxy groups -OCH3 is 1. The third-order valence-electron chi connectivity index (χ3n) is 2.27. The molecule has 1 N–H and O–H groups in total. The summed E-state index contributed by atoms with van der Waals surface area (Å²) in [6.07, 6.45) is 0.881.